The Morgan fingerprint density at radius 2 is 1.60 bits per heavy atom. The van der Waals surface area contributed by atoms with Gasteiger partial charge in [-0.3, -0.25) is 9.52 Å². The number of carbonyl (C=O) groups excluding carboxylic acids is 1. The molecule has 0 aliphatic rings. The summed E-state index contributed by atoms with van der Waals surface area (Å²) in [5.41, 5.74) is 2.29. The second kappa shape index (κ2) is 9.54. The molecule has 156 valence electrons. The third kappa shape index (κ3) is 5.67. The Balaban J connectivity index is 1.72. The average Bonchev–Trinajstić information content (AvgIpc) is 2.75. The number of rotatable bonds is 8. The molecule has 0 aromatic heterocycles. The van der Waals surface area contributed by atoms with Gasteiger partial charge in [0.2, 0.25) is 0 Å². The fourth-order valence-electron chi connectivity index (χ4n) is 2.88. The molecule has 0 spiro atoms. The topological polar surface area (TPSA) is 75.3 Å². The average molecular weight is 427 g/mol. The molecule has 7 heteroatoms. The number of sulfonamides is 1. The Hall–Kier alpha value is -3.19. The molecule has 0 atom stereocenters. The molecule has 0 radical (unpaired) electrons. The number of benzene rings is 3. The molecule has 3 aromatic rings. The van der Waals surface area contributed by atoms with Gasteiger partial charge in [-0.15, -0.1) is 0 Å². The summed E-state index contributed by atoms with van der Waals surface area (Å²) in [6, 6.07) is 18.3. The molecule has 30 heavy (non-hydrogen) atoms. The van der Waals surface area contributed by atoms with Crippen molar-refractivity contribution in [3.8, 4) is 0 Å². The van der Waals surface area contributed by atoms with Crippen molar-refractivity contribution in [2.75, 3.05) is 10.0 Å². The standard InChI is InChI=1S/C23H23FN2O3S/c1-2-3-5-17-8-12-20(13-9-17)25-23(27)18-6-4-7-22(16-18)30(28,29)26-21-14-10-19(24)11-15-21/h4,6-16,26H,2-3,5H2,1H3,(H,25,27). The largest absolute Gasteiger partial charge is 0.322 e. The minimum absolute atomic E-state index is 0.0608. The number of amides is 1. The Morgan fingerprint density at radius 1 is 0.933 bits per heavy atom. The normalized spacial score (nSPS) is 11.1. The molecule has 0 aliphatic carbocycles. The van der Waals surface area contributed by atoms with Crippen LogP contribution < -0.4 is 10.0 Å². The van der Waals surface area contributed by atoms with Crippen molar-refractivity contribution in [2.24, 2.45) is 0 Å². The lowest BCUT2D eigenvalue weighted by Crippen LogP contribution is -2.16. The third-order valence-corrected chi connectivity index (χ3v) is 5.91. The number of hydrogen-bond acceptors (Lipinski definition) is 3. The molecular weight excluding hydrogens is 403 g/mol. The fraction of sp³-hybridized carbons (Fsp3) is 0.174. The zero-order valence-electron chi connectivity index (χ0n) is 16.6. The molecule has 0 saturated carbocycles. The van der Waals surface area contributed by atoms with Crippen molar-refractivity contribution >= 4 is 27.3 Å². The van der Waals surface area contributed by atoms with Crippen LogP contribution in [-0.2, 0) is 16.4 Å². The molecule has 2 N–H and O–H groups in total. The second-order valence-electron chi connectivity index (χ2n) is 6.89. The molecule has 0 aliphatic heterocycles. The van der Waals surface area contributed by atoms with Crippen LogP contribution in [0.1, 0.15) is 35.7 Å². The van der Waals surface area contributed by atoms with Gasteiger partial charge in [-0.1, -0.05) is 31.5 Å². The lowest BCUT2D eigenvalue weighted by molar-refractivity contribution is 0.102. The van der Waals surface area contributed by atoms with Gasteiger partial charge in [-0.2, -0.15) is 0 Å². The van der Waals surface area contributed by atoms with E-state index in [4.69, 9.17) is 0 Å². The smallest absolute Gasteiger partial charge is 0.261 e. The summed E-state index contributed by atoms with van der Waals surface area (Å²) in [7, 11) is -3.92. The van der Waals surface area contributed by atoms with Crippen molar-refractivity contribution < 1.29 is 17.6 Å². The SMILES string of the molecule is CCCCc1ccc(NC(=O)c2cccc(S(=O)(=O)Nc3ccc(F)cc3)c2)cc1. The van der Waals surface area contributed by atoms with E-state index in [-0.39, 0.29) is 16.1 Å². The summed E-state index contributed by atoms with van der Waals surface area (Å²) in [6.45, 7) is 2.14. The van der Waals surface area contributed by atoms with Crippen molar-refractivity contribution in [1.82, 2.24) is 0 Å². The van der Waals surface area contributed by atoms with Crippen molar-refractivity contribution in [3.63, 3.8) is 0 Å². The van der Waals surface area contributed by atoms with E-state index < -0.39 is 21.7 Å². The first kappa shape index (κ1) is 21.5. The van der Waals surface area contributed by atoms with Crippen LogP contribution in [0.15, 0.2) is 77.7 Å². The molecule has 1 amide bonds. The number of halogens is 1. The highest BCUT2D eigenvalue weighted by Gasteiger charge is 2.17. The van der Waals surface area contributed by atoms with Crippen LogP contribution in [0.5, 0.6) is 0 Å². The van der Waals surface area contributed by atoms with Gasteiger partial charge < -0.3 is 5.32 Å². The molecule has 0 heterocycles. The van der Waals surface area contributed by atoms with Crippen LogP contribution in [-0.4, -0.2) is 14.3 Å². The number of carbonyl (C=O) groups is 1. The lowest BCUT2D eigenvalue weighted by atomic mass is 10.1. The van der Waals surface area contributed by atoms with Crippen LogP contribution in [0, 0.1) is 5.82 Å². The molecular formula is C23H23FN2O3S. The highest BCUT2D eigenvalue weighted by Crippen LogP contribution is 2.19. The quantitative estimate of drug-likeness (QED) is 0.518. The van der Waals surface area contributed by atoms with E-state index >= 15 is 0 Å². The summed E-state index contributed by atoms with van der Waals surface area (Å²) < 4.78 is 40.6. The van der Waals surface area contributed by atoms with Crippen molar-refractivity contribution in [3.05, 3.63) is 89.7 Å². The van der Waals surface area contributed by atoms with E-state index in [0.717, 1.165) is 31.4 Å². The highest BCUT2D eigenvalue weighted by atomic mass is 32.2. The zero-order valence-corrected chi connectivity index (χ0v) is 17.4. The Labute approximate surface area is 176 Å². The number of unbranched alkanes of at least 4 members (excludes halogenated alkanes) is 1. The molecule has 0 unspecified atom stereocenters. The summed E-state index contributed by atoms with van der Waals surface area (Å²) in [4.78, 5) is 12.5. The summed E-state index contributed by atoms with van der Waals surface area (Å²) >= 11 is 0. The number of anilines is 2. The minimum atomic E-state index is -3.92. The summed E-state index contributed by atoms with van der Waals surface area (Å²) in [5.74, 6) is -0.870. The van der Waals surface area contributed by atoms with E-state index in [1.165, 1.54) is 35.9 Å². The van der Waals surface area contributed by atoms with Crippen LogP contribution in [0.25, 0.3) is 0 Å². The van der Waals surface area contributed by atoms with Crippen LogP contribution >= 0.6 is 0 Å². The summed E-state index contributed by atoms with van der Waals surface area (Å²) in [5, 5.41) is 2.78. The van der Waals surface area contributed by atoms with Crippen molar-refractivity contribution in [2.45, 2.75) is 31.1 Å². The number of nitrogens with one attached hydrogen (secondary N) is 2. The maximum absolute atomic E-state index is 13.0. The highest BCUT2D eigenvalue weighted by molar-refractivity contribution is 7.92. The maximum atomic E-state index is 13.0. The molecule has 0 fully saturated rings. The first-order chi connectivity index (χ1) is 14.4. The number of hydrogen-bond donors (Lipinski definition) is 2. The Morgan fingerprint density at radius 3 is 2.27 bits per heavy atom. The van der Waals surface area contributed by atoms with E-state index in [9.17, 15) is 17.6 Å². The summed E-state index contributed by atoms with van der Waals surface area (Å²) in [6.07, 6.45) is 3.22. The lowest BCUT2D eigenvalue weighted by Gasteiger charge is -2.10. The van der Waals surface area contributed by atoms with Crippen LogP contribution in [0.3, 0.4) is 0 Å². The zero-order chi connectivity index (χ0) is 21.6. The Bertz CT molecular complexity index is 1110. The molecule has 5 nitrogen and oxygen atoms in total. The van der Waals surface area contributed by atoms with Gasteiger partial charge in [-0.25, -0.2) is 12.8 Å². The third-order valence-electron chi connectivity index (χ3n) is 4.53. The predicted octanol–water partition coefficient (Wildman–Crippen LogP) is 5.22. The van der Waals surface area contributed by atoms with E-state index in [1.807, 2.05) is 24.3 Å². The predicted molar refractivity (Wildman–Crippen MR) is 117 cm³/mol. The van der Waals surface area contributed by atoms with Gasteiger partial charge in [0.15, 0.2) is 0 Å². The van der Waals surface area contributed by atoms with Gasteiger partial charge in [0.25, 0.3) is 15.9 Å². The van der Waals surface area contributed by atoms with Crippen LogP contribution in [0.2, 0.25) is 0 Å². The van der Waals surface area contributed by atoms with Gasteiger partial charge in [-0.05, 0) is 73.0 Å². The van der Waals surface area contributed by atoms with Gasteiger partial charge in [0, 0.05) is 16.9 Å². The van der Waals surface area contributed by atoms with Gasteiger partial charge >= 0.3 is 0 Å². The van der Waals surface area contributed by atoms with Crippen LogP contribution in [0.4, 0.5) is 15.8 Å². The molecule has 0 bridgehead atoms. The maximum Gasteiger partial charge on any atom is 0.261 e. The Kier molecular flexibility index (Phi) is 6.84. The molecule has 3 aromatic carbocycles. The molecule has 0 saturated heterocycles. The van der Waals surface area contributed by atoms with Gasteiger partial charge in [0.1, 0.15) is 5.82 Å². The van der Waals surface area contributed by atoms with E-state index in [1.54, 1.807) is 6.07 Å². The first-order valence-corrected chi connectivity index (χ1v) is 11.1. The van der Waals surface area contributed by atoms with Crippen molar-refractivity contribution in [1.29, 1.82) is 0 Å². The van der Waals surface area contributed by atoms with Gasteiger partial charge in [0.05, 0.1) is 4.90 Å². The monoisotopic (exact) mass is 426 g/mol. The second-order valence-corrected chi connectivity index (χ2v) is 8.58. The first-order valence-electron chi connectivity index (χ1n) is 9.66. The van der Waals surface area contributed by atoms with E-state index in [2.05, 4.69) is 17.0 Å². The fourth-order valence-corrected chi connectivity index (χ4v) is 3.98. The van der Waals surface area contributed by atoms with E-state index in [0.29, 0.717) is 5.69 Å². The number of aryl methyl sites for hydroxylation is 1. The molecule has 3 rings (SSSR count). The minimum Gasteiger partial charge on any atom is -0.322 e.